The summed E-state index contributed by atoms with van der Waals surface area (Å²) in [5, 5.41) is 11.3. The number of aryl methyl sites for hydroxylation is 3. The number of allylic oxidation sites excluding steroid dienone is 2. The molecule has 2 aliphatic rings. The fraction of sp³-hybridized carbons (Fsp3) is 0.379. The van der Waals surface area contributed by atoms with Crippen molar-refractivity contribution in [2.75, 3.05) is 12.3 Å². The molecule has 2 atom stereocenters. The maximum atomic E-state index is 12.5. The van der Waals surface area contributed by atoms with Crippen LogP contribution in [0.4, 0.5) is 5.69 Å². The second-order valence-corrected chi connectivity index (χ2v) is 13.2. The number of aliphatic carboxylic acids is 1. The van der Waals surface area contributed by atoms with E-state index in [0.29, 0.717) is 28.9 Å². The largest absolute Gasteiger partial charge is 0.748 e. The maximum Gasteiger partial charge on any atom is 0.374 e. The number of oxazole rings is 1. The topological polar surface area (TPSA) is 112 Å². The minimum atomic E-state index is -4.32. The summed E-state index contributed by atoms with van der Waals surface area (Å²) in [7, 11) is -4.32. The second kappa shape index (κ2) is 10.6. The Kier molecular flexibility index (Phi) is 7.49. The molecule has 1 aromatic heterocycles. The molecule has 1 spiro atoms. The lowest BCUT2D eigenvalue weighted by Crippen LogP contribution is -2.59. The minimum Gasteiger partial charge on any atom is -0.748 e. The summed E-state index contributed by atoms with van der Waals surface area (Å²) in [4.78, 5) is 13.6. The quantitative estimate of drug-likeness (QED) is 0.234. The molecule has 39 heavy (non-hydrogen) atoms. The SMILES string of the molecule is CC(=Cc1oc2ccc(C)cc2[n+]1CCCS(=O)(=O)[O-])C=C1Sc2ccc(C)cc2[N+]12CCCCC2C(=O)O. The summed E-state index contributed by atoms with van der Waals surface area (Å²) in [5.41, 5.74) is 5.58. The van der Waals surface area contributed by atoms with Gasteiger partial charge in [0.1, 0.15) is 0 Å². The molecule has 8 nitrogen and oxygen atoms in total. The molecule has 2 aromatic carbocycles. The van der Waals surface area contributed by atoms with Crippen LogP contribution in [0.15, 0.2) is 62.4 Å². The molecule has 0 saturated carbocycles. The van der Waals surface area contributed by atoms with E-state index in [2.05, 4.69) is 24.3 Å². The zero-order valence-electron chi connectivity index (χ0n) is 22.3. The Morgan fingerprint density at radius 3 is 2.69 bits per heavy atom. The van der Waals surface area contributed by atoms with E-state index in [1.807, 2.05) is 49.6 Å². The van der Waals surface area contributed by atoms with Gasteiger partial charge in [-0.15, -0.1) is 0 Å². The number of aromatic nitrogens is 1. The summed E-state index contributed by atoms with van der Waals surface area (Å²) >= 11 is 1.63. The summed E-state index contributed by atoms with van der Waals surface area (Å²) in [5.74, 6) is -0.684. The molecule has 0 aliphatic carbocycles. The van der Waals surface area contributed by atoms with Crippen molar-refractivity contribution in [3.05, 3.63) is 70.1 Å². The van der Waals surface area contributed by atoms with Crippen LogP contribution in [0.5, 0.6) is 0 Å². The molecule has 206 valence electrons. The first-order valence-corrected chi connectivity index (χ1v) is 15.5. The van der Waals surface area contributed by atoms with Gasteiger partial charge in [-0.2, -0.15) is 4.57 Å². The van der Waals surface area contributed by atoms with Gasteiger partial charge in [-0.05, 0) is 74.2 Å². The Labute approximate surface area is 233 Å². The Bertz CT molecular complexity index is 1620. The van der Waals surface area contributed by atoms with Crippen LogP contribution in [-0.2, 0) is 21.5 Å². The van der Waals surface area contributed by atoms with Crippen LogP contribution in [-0.4, -0.2) is 42.4 Å². The highest BCUT2D eigenvalue weighted by molar-refractivity contribution is 8.03. The van der Waals surface area contributed by atoms with Gasteiger partial charge in [0.2, 0.25) is 5.58 Å². The highest BCUT2D eigenvalue weighted by atomic mass is 32.2. The van der Waals surface area contributed by atoms with Gasteiger partial charge < -0.3 is 14.1 Å². The molecule has 2 unspecified atom stereocenters. The fourth-order valence-corrected chi connectivity index (χ4v) is 7.70. The number of nitrogens with zero attached hydrogens (tertiary/aromatic N) is 2. The highest BCUT2D eigenvalue weighted by Crippen LogP contribution is 2.55. The van der Waals surface area contributed by atoms with E-state index in [1.165, 1.54) is 0 Å². The minimum absolute atomic E-state index is 0.171. The molecule has 3 heterocycles. The summed E-state index contributed by atoms with van der Waals surface area (Å²) < 4.78 is 42.0. The van der Waals surface area contributed by atoms with Gasteiger partial charge in [-0.1, -0.05) is 12.1 Å². The summed E-state index contributed by atoms with van der Waals surface area (Å²) in [6.45, 7) is 7.01. The molecule has 0 amide bonds. The first-order chi connectivity index (χ1) is 18.5. The van der Waals surface area contributed by atoms with E-state index in [0.717, 1.165) is 57.2 Å². The van der Waals surface area contributed by atoms with Crippen molar-refractivity contribution in [2.24, 2.45) is 0 Å². The van der Waals surface area contributed by atoms with Crippen molar-refractivity contribution in [1.29, 1.82) is 0 Å². The molecule has 3 aromatic rings. The lowest BCUT2D eigenvalue weighted by molar-refractivity contribution is -0.677. The lowest BCUT2D eigenvalue weighted by Gasteiger charge is -2.42. The molecule has 1 N–H and O–H groups in total. The van der Waals surface area contributed by atoms with Crippen molar-refractivity contribution in [3.63, 3.8) is 0 Å². The number of quaternary nitrogens is 1. The predicted octanol–water partition coefficient (Wildman–Crippen LogP) is 5.27. The molecular formula is C29H33N2O6S2+. The number of carbonyl (C=O) groups is 1. The van der Waals surface area contributed by atoms with Crippen LogP contribution < -0.4 is 9.05 Å². The van der Waals surface area contributed by atoms with Gasteiger partial charge >= 0.3 is 11.9 Å². The van der Waals surface area contributed by atoms with Gasteiger partial charge in [0.25, 0.3) is 5.52 Å². The van der Waals surface area contributed by atoms with Crippen LogP contribution in [0.3, 0.4) is 0 Å². The van der Waals surface area contributed by atoms with Gasteiger partial charge in [0.05, 0.1) is 27.6 Å². The number of benzene rings is 2. The van der Waals surface area contributed by atoms with E-state index in [4.69, 9.17) is 4.42 Å². The predicted molar refractivity (Wildman–Crippen MR) is 151 cm³/mol. The van der Waals surface area contributed by atoms with E-state index in [9.17, 15) is 22.9 Å². The van der Waals surface area contributed by atoms with Gasteiger partial charge in [0.15, 0.2) is 23.3 Å². The van der Waals surface area contributed by atoms with Gasteiger partial charge in [0, 0.05) is 36.8 Å². The number of hydrogen-bond donors (Lipinski definition) is 1. The number of fused-ring (bicyclic) bond motifs is 3. The Hall–Kier alpha value is -2.92. The smallest absolute Gasteiger partial charge is 0.374 e. The van der Waals surface area contributed by atoms with Gasteiger partial charge in [-0.3, -0.25) is 0 Å². The van der Waals surface area contributed by atoms with Gasteiger partial charge in [-0.25, -0.2) is 17.7 Å². The first kappa shape index (κ1) is 27.6. The van der Waals surface area contributed by atoms with E-state index in [-0.39, 0.29) is 6.42 Å². The molecule has 10 heteroatoms. The molecule has 0 bridgehead atoms. The third kappa shape index (κ3) is 5.43. The zero-order valence-corrected chi connectivity index (χ0v) is 24.0. The van der Waals surface area contributed by atoms with Crippen LogP contribution in [0, 0.1) is 13.8 Å². The van der Waals surface area contributed by atoms with Crippen LogP contribution >= 0.6 is 11.8 Å². The fourth-order valence-electron chi connectivity index (χ4n) is 5.80. The normalized spacial score (nSPS) is 22.6. The number of carboxylic acid groups (broad SMARTS) is 1. The average molecular weight is 570 g/mol. The van der Waals surface area contributed by atoms with Crippen molar-refractivity contribution in [1.82, 2.24) is 4.48 Å². The molecule has 2 aliphatic heterocycles. The second-order valence-electron chi connectivity index (χ2n) is 10.6. The van der Waals surface area contributed by atoms with Crippen molar-refractivity contribution < 1.29 is 31.9 Å². The molecule has 1 saturated heterocycles. The third-order valence-electron chi connectivity index (χ3n) is 7.57. The van der Waals surface area contributed by atoms with Crippen LogP contribution in [0.25, 0.3) is 17.2 Å². The third-order valence-corrected chi connectivity index (χ3v) is 9.58. The molecular weight excluding hydrogens is 536 g/mol. The molecule has 1 fully saturated rings. The Morgan fingerprint density at radius 2 is 1.95 bits per heavy atom. The van der Waals surface area contributed by atoms with Crippen LogP contribution in [0.1, 0.15) is 49.6 Å². The van der Waals surface area contributed by atoms with E-state index in [1.54, 1.807) is 11.8 Å². The Balaban J connectivity index is 1.59. The van der Waals surface area contributed by atoms with E-state index < -0.39 is 27.9 Å². The van der Waals surface area contributed by atoms with Crippen molar-refractivity contribution >= 4 is 50.7 Å². The first-order valence-electron chi connectivity index (χ1n) is 13.1. The number of carboxylic acids is 1. The average Bonchev–Trinajstić information content (AvgIpc) is 3.33. The molecule has 0 radical (unpaired) electrons. The zero-order chi connectivity index (χ0) is 27.9. The summed E-state index contributed by atoms with van der Waals surface area (Å²) in [6, 6.07) is 11.5. The number of thioether (sulfide) groups is 1. The highest BCUT2D eigenvalue weighted by Gasteiger charge is 2.54. The maximum absolute atomic E-state index is 12.5. The monoisotopic (exact) mass is 569 g/mol. The summed E-state index contributed by atoms with van der Waals surface area (Å²) in [6.07, 6.45) is 6.59. The Morgan fingerprint density at radius 1 is 1.21 bits per heavy atom. The number of hydrogen-bond acceptors (Lipinski definition) is 6. The molecule has 5 rings (SSSR count). The lowest BCUT2D eigenvalue weighted by atomic mass is 9.96. The number of rotatable bonds is 7. The van der Waals surface area contributed by atoms with Crippen molar-refractivity contribution in [2.45, 2.75) is 63.9 Å². The van der Waals surface area contributed by atoms with Crippen LogP contribution in [0.2, 0.25) is 0 Å². The standard InChI is InChI=1S/C29H32N2O6S2/c1-19-8-10-25-22(15-19)30(12-6-14-39(34,35)36)27(37-25)17-21(3)18-28-31(13-5-4-7-23(31)29(32)33)24-16-20(2)9-11-26(24)38-28/h8-11,15-18,23H,4-7,12-14H2,1-3H3/p+1. The van der Waals surface area contributed by atoms with E-state index >= 15 is 0 Å². The van der Waals surface area contributed by atoms with Crippen molar-refractivity contribution in [3.8, 4) is 0 Å². The number of piperidine rings is 1.